The molecule has 1 aromatic carbocycles. The zero-order valence-corrected chi connectivity index (χ0v) is 14.8. The lowest BCUT2D eigenvalue weighted by Gasteiger charge is -2.22. The van der Waals surface area contributed by atoms with Crippen molar-refractivity contribution in [2.75, 3.05) is 0 Å². The van der Waals surface area contributed by atoms with Gasteiger partial charge in [-0.3, -0.25) is 0 Å². The van der Waals surface area contributed by atoms with Gasteiger partial charge in [-0.1, -0.05) is 15.9 Å². The van der Waals surface area contributed by atoms with Crippen molar-refractivity contribution in [1.82, 2.24) is 0 Å². The number of hydrogen-bond acceptors (Lipinski definition) is 4. The molecule has 4 nitrogen and oxygen atoms in total. The lowest BCUT2D eigenvalue weighted by Crippen LogP contribution is -2.27. The van der Waals surface area contributed by atoms with Crippen LogP contribution in [0.4, 0.5) is 0 Å². The molecule has 5 heteroatoms. The molecule has 0 heterocycles. The van der Waals surface area contributed by atoms with Gasteiger partial charge in [-0.15, -0.1) is 0 Å². The molecule has 0 amide bonds. The van der Waals surface area contributed by atoms with Crippen LogP contribution in [-0.2, 0) is 9.47 Å². The van der Waals surface area contributed by atoms with Gasteiger partial charge >= 0.3 is 11.9 Å². The smallest absolute Gasteiger partial charge is 0.339 e. The molecule has 0 N–H and O–H groups in total. The van der Waals surface area contributed by atoms with Gasteiger partial charge in [0.25, 0.3) is 0 Å². The van der Waals surface area contributed by atoms with E-state index in [0.29, 0.717) is 4.47 Å². The maximum atomic E-state index is 12.3. The molecule has 0 spiro atoms. The van der Waals surface area contributed by atoms with Crippen molar-refractivity contribution in [3.63, 3.8) is 0 Å². The highest BCUT2D eigenvalue weighted by molar-refractivity contribution is 9.10. The summed E-state index contributed by atoms with van der Waals surface area (Å²) in [7, 11) is 0. The quantitative estimate of drug-likeness (QED) is 0.738. The summed E-state index contributed by atoms with van der Waals surface area (Å²) in [5.74, 6) is -1.10. The van der Waals surface area contributed by atoms with Crippen molar-refractivity contribution in [2.24, 2.45) is 0 Å². The number of esters is 2. The molecular weight excluding hydrogens is 336 g/mol. The molecule has 0 bridgehead atoms. The Morgan fingerprint density at radius 1 is 0.857 bits per heavy atom. The molecule has 0 saturated heterocycles. The Morgan fingerprint density at radius 3 is 1.71 bits per heavy atom. The summed E-state index contributed by atoms with van der Waals surface area (Å²) in [5, 5.41) is 0. The molecule has 116 valence electrons. The van der Waals surface area contributed by atoms with E-state index in [2.05, 4.69) is 15.9 Å². The van der Waals surface area contributed by atoms with E-state index < -0.39 is 23.1 Å². The maximum Gasteiger partial charge on any atom is 0.339 e. The van der Waals surface area contributed by atoms with E-state index in [9.17, 15) is 9.59 Å². The second-order valence-corrected chi connectivity index (χ2v) is 7.61. The Balaban J connectivity index is 3.17. The lowest BCUT2D eigenvalue weighted by atomic mass is 10.1. The normalized spacial score (nSPS) is 12.0. The molecule has 0 atom stereocenters. The zero-order valence-electron chi connectivity index (χ0n) is 13.2. The van der Waals surface area contributed by atoms with E-state index in [0.717, 1.165) is 0 Å². The average molecular weight is 357 g/mol. The highest BCUT2D eigenvalue weighted by Gasteiger charge is 2.26. The zero-order chi connectivity index (χ0) is 16.4. The maximum absolute atomic E-state index is 12.3. The van der Waals surface area contributed by atoms with E-state index in [4.69, 9.17) is 9.47 Å². The van der Waals surface area contributed by atoms with E-state index in [-0.39, 0.29) is 11.1 Å². The van der Waals surface area contributed by atoms with Gasteiger partial charge in [0.2, 0.25) is 0 Å². The summed E-state index contributed by atoms with van der Waals surface area (Å²) >= 11 is 3.29. The van der Waals surface area contributed by atoms with Crippen LogP contribution in [0.25, 0.3) is 0 Å². The molecule has 0 radical (unpaired) electrons. The van der Waals surface area contributed by atoms with Crippen LogP contribution >= 0.6 is 15.9 Å². The Kier molecular flexibility index (Phi) is 5.20. The Labute approximate surface area is 133 Å². The van der Waals surface area contributed by atoms with Crippen molar-refractivity contribution in [3.8, 4) is 0 Å². The minimum atomic E-state index is -0.634. The largest absolute Gasteiger partial charge is 0.456 e. The number of carbonyl (C=O) groups excluding carboxylic acids is 2. The van der Waals surface area contributed by atoms with Crippen LogP contribution in [0.5, 0.6) is 0 Å². The fourth-order valence-corrected chi connectivity index (χ4v) is 1.89. The van der Waals surface area contributed by atoms with Gasteiger partial charge in [0.15, 0.2) is 0 Å². The van der Waals surface area contributed by atoms with E-state index >= 15 is 0 Å². The summed E-state index contributed by atoms with van der Waals surface area (Å²) in [4.78, 5) is 24.5. The monoisotopic (exact) mass is 356 g/mol. The van der Waals surface area contributed by atoms with Crippen LogP contribution < -0.4 is 0 Å². The molecule has 0 fully saturated rings. The molecule has 0 saturated carbocycles. The second kappa shape index (κ2) is 6.18. The first-order chi connectivity index (χ1) is 9.39. The topological polar surface area (TPSA) is 52.6 Å². The molecule has 0 aromatic heterocycles. The third-order valence-corrected chi connectivity index (χ3v) is 2.71. The number of ether oxygens (including phenoxy) is 2. The molecule has 21 heavy (non-hydrogen) atoms. The Hall–Kier alpha value is -1.36. The molecule has 0 aliphatic rings. The second-order valence-electron chi connectivity index (χ2n) is 6.69. The average Bonchev–Trinajstić information content (AvgIpc) is 2.23. The van der Waals surface area contributed by atoms with E-state index in [1.54, 1.807) is 59.7 Å². The van der Waals surface area contributed by atoms with Crippen LogP contribution in [-0.4, -0.2) is 23.1 Å². The molecule has 0 aliphatic heterocycles. The predicted molar refractivity (Wildman–Crippen MR) is 84.5 cm³/mol. The third kappa shape index (κ3) is 5.87. The van der Waals surface area contributed by atoms with Crippen LogP contribution in [0.1, 0.15) is 62.3 Å². The van der Waals surface area contributed by atoms with Gasteiger partial charge in [-0.2, -0.15) is 0 Å². The first kappa shape index (κ1) is 17.7. The fraction of sp³-hybridized carbons (Fsp3) is 0.500. The lowest BCUT2D eigenvalue weighted by molar-refractivity contribution is 0.00186. The van der Waals surface area contributed by atoms with Gasteiger partial charge in [0, 0.05) is 4.47 Å². The summed E-state index contributed by atoms with van der Waals surface area (Å²) in [5.41, 5.74) is -0.879. The van der Waals surface area contributed by atoms with Gasteiger partial charge < -0.3 is 9.47 Å². The molecule has 0 aliphatic carbocycles. The van der Waals surface area contributed by atoms with Crippen molar-refractivity contribution >= 4 is 27.9 Å². The third-order valence-electron chi connectivity index (χ3n) is 2.22. The minimum absolute atomic E-state index is 0.188. The van der Waals surface area contributed by atoms with Crippen molar-refractivity contribution in [2.45, 2.75) is 52.7 Å². The van der Waals surface area contributed by atoms with E-state index in [1.807, 2.05) is 0 Å². The Morgan fingerprint density at radius 2 is 1.29 bits per heavy atom. The van der Waals surface area contributed by atoms with Gasteiger partial charge in [-0.25, -0.2) is 9.59 Å². The highest BCUT2D eigenvalue weighted by atomic mass is 79.9. The first-order valence-electron chi connectivity index (χ1n) is 6.65. The van der Waals surface area contributed by atoms with Crippen molar-refractivity contribution in [3.05, 3.63) is 33.8 Å². The molecule has 0 unspecified atom stereocenters. The molecular formula is C16H21BrO4. The van der Waals surface area contributed by atoms with E-state index in [1.165, 1.54) is 0 Å². The van der Waals surface area contributed by atoms with Gasteiger partial charge in [0.05, 0.1) is 11.1 Å². The van der Waals surface area contributed by atoms with Crippen LogP contribution in [0.2, 0.25) is 0 Å². The van der Waals surface area contributed by atoms with Gasteiger partial charge in [0.1, 0.15) is 11.2 Å². The summed E-state index contributed by atoms with van der Waals surface area (Å²) in [6, 6.07) is 4.80. The number of halogens is 1. The number of rotatable bonds is 2. The number of benzene rings is 1. The summed E-state index contributed by atoms with van der Waals surface area (Å²) in [6.07, 6.45) is 0. The van der Waals surface area contributed by atoms with Crippen LogP contribution in [0.3, 0.4) is 0 Å². The number of hydrogen-bond donors (Lipinski definition) is 0. The standard InChI is InChI=1S/C16H21BrO4/c1-15(2,3)20-13(18)11-8-7-10(17)9-12(11)14(19)21-16(4,5)6/h7-9H,1-6H3. The van der Waals surface area contributed by atoms with Crippen LogP contribution in [0.15, 0.2) is 22.7 Å². The first-order valence-corrected chi connectivity index (χ1v) is 7.44. The number of carbonyl (C=O) groups is 2. The minimum Gasteiger partial charge on any atom is -0.456 e. The van der Waals surface area contributed by atoms with Crippen molar-refractivity contribution in [1.29, 1.82) is 0 Å². The van der Waals surface area contributed by atoms with Crippen molar-refractivity contribution < 1.29 is 19.1 Å². The van der Waals surface area contributed by atoms with Crippen LogP contribution in [0, 0.1) is 0 Å². The van der Waals surface area contributed by atoms with Gasteiger partial charge in [-0.05, 0) is 59.7 Å². The Bertz CT molecular complexity index is 550. The molecule has 1 rings (SSSR count). The fourth-order valence-electron chi connectivity index (χ4n) is 1.53. The highest BCUT2D eigenvalue weighted by Crippen LogP contribution is 2.22. The predicted octanol–water partition coefficient (Wildman–Crippen LogP) is 4.36. The molecule has 1 aromatic rings. The SMILES string of the molecule is CC(C)(C)OC(=O)c1ccc(Br)cc1C(=O)OC(C)(C)C. The summed E-state index contributed by atoms with van der Waals surface area (Å²) < 4.78 is 11.3. The summed E-state index contributed by atoms with van der Waals surface area (Å²) in [6.45, 7) is 10.6.